The zero-order valence-corrected chi connectivity index (χ0v) is 19.1. The van der Waals surface area contributed by atoms with Crippen LogP contribution in [0.2, 0.25) is 0 Å². The second-order valence-corrected chi connectivity index (χ2v) is 8.48. The van der Waals surface area contributed by atoms with Gasteiger partial charge in [0, 0.05) is 74.1 Å². The van der Waals surface area contributed by atoms with Crippen LogP contribution in [-0.2, 0) is 19.3 Å². The molecule has 0 radical (unpaired) electrons. The monoisotopic (exact) mass is 414 g/mol. The average Bonchev–Trinajstić information content (AvgIpc) is 3.23. The normalized spacial score (nSPS) is 16.8. The van der Waals surface area contributed by atoms with Crippen LogP contribution >= 0.6 is 0 Å². The Balaban J connectivity index is 1.68. The first-order valence-electron chi connectivity index (χ1n) is 11.1. The largest absolute Gasteiger partial charge is 0.396 e. The molecule has 0 bridgehead atoms. The SMILES string of the molecule is CN1CCN(C)C1=NCCc1ccc(CCCO)cc1CCN=C1N(C)CCN1C. The third-order valence-electron chi connectivity index (χ3n) is 6.07. The van der Waals surface area contributed by atoms with E-state index in [1.54, 1.807) is 0 Å². The van der Waals surface area contributed by atoms with E-state index in [9.17, 15) is 5.11 Å². The van der Waals surface area contributed by atoms with Gasteiger partial charge in [-0.1, -0.05) is 18.2 Å². The Bertz CT molecular complexity index is 738. The van der Waals surface area contributed by atoms with E-state index in [4.69, 9.17) is 9.98 Å². The highest BCUT2D eigenvalue weighted by atomic mass is 16.2. The Morgan fingerprint density at radius 1 is 0.733 bits per heavy atom. The van der Waals surface area contributed by atoms with Crippen LogP contribution in [0.15, 0.2) is 28.2 Å². The predicted molar refractivity (Wildman–Crippen MR) is 124 cm³/mol. The minimum Gasteiger partial charge on any atom is -0.396 e. The standard InChI is InChI=1S/C23H38N6O/c1-26-13-14-27(2)22(26)24-11-9-20-8-7-19(6-5-17-30)18-21(20)10-12-25-23-28(3)15-16-29(23)4/h7-8,18,30H,5-6,9-17H2,1-4H3. The second-order valence-electron chi connectivity index (χ2n) is 8.48. The molecule has 7 nitrogen and oxygen atoms in total. The molecule has 0 amide bonds. The summed E-state index contributed by atoms with van der Waals surface area (Å²) < 4.78 is 0. The molecule has 3 rings (SSSR count). The molecule has 1 aromatic carbocycles. The minimum atomic E-state index is 0.238. The molecule has 0 aromatic heterocycles. The van der Waals surface area contributed by atoms with Crippen molar-refractivity contribution in [1.29, 1.82) is 0 Å². The maximum atomic E-state index is 9.18. The third kappa shape index (κ3) is 5.65. The van der Waals surface area contributed by atoms with Gasteiger partial charge in [-0.25, -0.2) is 0 Å². The minimum absolute atomic E-state index is 0.238. The maximum Gasteiger partial charge on any atom is 0.196 e. The number of aliphatic imine (C=N–C) groups is 2. The molecule has 0 saturated carbocycles. The number of benzene rings is 1. The van der Waals surface area contributed by atoms with Gasteiger partial charge in [0.05, 0.1) is 0 Å². The fourth-order valence-electron chi connectivity index (χ4n) is 4.21. The molecular weight excluding hydrogens is 376 g/mol. The lowest BCUT2D eigenvalue weighted by Crippen LogP contribution is -2.28. The zero-order valence-electron chi connectivity index (χ0n) is 19.1. The van der Waals surface area contributed by atoms with Crippen LogP contribution in [0, 0.1) is 0 Å². The molecule has 166 valence electrons. The second kappa shape index (κ2) is 10.7. The van der Waals surface area contributed by atoms with Crippen molar-refractivity contribution in [2.75, 3.05) is 74.1 Å². The van der Waals surface area contributed by atoms with Gasteiger partial charge in [-0.3, -0.25) is 9.98 Å². The fourth-order valence-corrected chi connectivity index (χ4v) is 4.21. The molecule has 2 saturated heterocycles. The van der Waals surface area contributed by atoms with Gasteiger partial charge in [-0.2, -0.15) is 0 Å². The van der Waals surface area contributed by atoms with Crippen molar-refractivity contribution in [3.05, 3.63) is 34.9 Å². The van der Waals surface area contributed by atoms with E-state index < -0.39 is 0 Å². The summed E-state index contributed by atoms with van der Waals surface area (Å²) in [6.45, 7) is 6.00. The molecule has 1 N–H and O–H groups in total. The lowest BCUT2D eigenvalue weighted by Gasteiger charge is -2.17. The highest BCUT2D eigenvalue weighted by Crippen LogP contribution is 2.17. The summed E-state index contributed by atoms with van der Waals surface area (Å²) in [7, 11) is 8.44. The number of hydrogen-bond acceptors (Lipinski definition) is 3. The smallest absolute Gasteiger partial charge is 0.196 e. The summed E-state index contributed by atoms with van der Waals surface area (Å²) in [5.41, 5.74) is 4.03. The Hall–Kier alpha value is -2.28. The van der Waals surface area contributed by atoms with Crippen molar-refractivity contribution in [3.63, 3.8) is 0 Å². The molecule has 0 spiro atoms. The Kier molecular flexibility index (Phi) is 7.96. The maximum absolute atomic E-state index is 9.18. The summed E-state index contributed by atoms with van der Waals surface area (Å²) >= 11 is 0. The lowest BCUT2D eigenvalue weighted by molar-refractivity contribution is 0.288. The number of nitrogens with zero attached hydrogens (tertiary/aromatic N) is 6. The molecular formula is C23H38N6O. The van der Waals surface area contributed by atoms with E-state index in [1.165, 1.54) is 16.7 Å². The first kappa shape index (κ1) is 22.4. The van der Waals surface area contributed by atoms with Crippen LogP contribution in [-0.4, -0.2) is 111 Å². The Morgan fingerprint density at radius 3 is 1.73 bits per heavy atom. The Morgan fingerprint density at radius 2 is 1.23 bits per heavy atom. The molecule has 2 fully saturated rings. The molecule has 1 aromatic rings. The van der Waals surface area contributed by atoms with Gasteiger partial charge in [-0.05, 0) is 42.4 Å². The van der Waals surface area contributed by atoms with E-state index in [0.717, 1.165) is 76.9 Å². The number of aliphatic hydroxyl groups excluding tert-OH is 1. The van der Waals surface area contributed by atoms with Crippen LogP contribution < -0.4 is 0 Å². The highest BCUT2D eigenvalue weighted by Gasteiger charge is 2.20. The van der Waals surface area contributed by atoms with Crippen molar-refractivity contribution in [2.45, 2.75) is 25.7 Å². The van der Waals surface area contributed by atoms with Gasteiger partial charge >= 0.3 is 0 Å². The van der Waals surface area contributed by atoms with Crippen LogP contribution in [0.1, 0.15) is 23.1 Å². The lowest BCUT2D eigenvalue weighted by atomic mass is 9.97. The van der Waals surface area contributed by atoms with Crippen molar-refractivity contribution in [2.24, 2.45) is 9.98 Å². The summed E-state index contributed by atoms with van der Waals surface area (Å²) in [5, 5.41) is 9.18. The van der Waals surface area contributed by atoms with Gasteiger partial charge in [0.1, 0.15) is 0 Å². The Labute approximate surface area is 181 Å². The molecule has 2 aliphatic rings. The molecule has 0 atom stereocenters. The predicted octanol–water partition coefficient (Wildman–Crippen LogP) is 1.16. The molecule has 0 aliphatic carbocycles. The van der Waals surface area contributed by atoms with Gasteiger partial charge in [0.2, 0.25) is 0 Å². The molecule has 0 unspecified atom stereocenters. The molecule has 2 aliphatic heterocycles. The van der Waals surface area contributed by atoms with E-state index >= 15 is 0 Å². The molecule has 30 heavy (non-hydrogen) atoms. The number of aliphatic hydroxyl groups is 1. The summed E-state index contributed by atoms with van der Waals surface area (Å²) in [6.07, 6.45) is 3.60. The van der Waals surface area contributed by atoms with E-state index in [0.29, 0.717) is 0 Å². The third-order valence-corrected chi connectivity index (χ3v) is 6.07. The van der Waals surface area contributed by atoms with Crippen LogP contribution in [0.4, 0.5) is 0 Å². The van der Waals surface area contributed by atoms with E-state index in [2.05, 4.69) is 66.0 Å². The topological polar surface area (TPSA) is 57.9 Å². The molecule has 7 heteroatoms. The van der Waals surface area contributed by atoms with Gasteiger partial charge in [0.25, 0.3) is 0 Å². The fraction of sp³-hybridized carbons (Fsp3) is 0.652. The molecule has 2 heterocycles. The van der Waals surface area contributed by atoms with Crippen LogP contribution in [0.25, 0.3) is 0 Å². The summed E-state index contributed by atoms with van der Waals surface area (Å²) in [5.74, 6) is 2.18. The first-order chi connectivity index (χ1) is 14.5. The number of guanidine groups is 2. The average molecular weight is 415 g/mol. The zero-order chi connectivity index (χ0) is 21.5. The number of rotatable bonds is 9. The van der Waals surface area contributed by atoms with Crippen molar-refractivity contribution >= 4 is 11.9 Å². The van der Waals surface area contributed by atoms with E-state index in [-0.39, 0.29) is 6.61 Å². The van der Waals surface area contributed by atoms with Crippen molar-refractivity contribution < 1.29 is 5.11 Å². The highest BCUT2D eigenvalue weighted by molar-refractivity contribution is 5.82. The quantitative estimate of drug-likeness (QED) is 0.657. The van der Waals surface area contributed by atoms with Gasteiger partial charge in [0.15, 0.2) is 11.9 Å². The first-order valence-corrected chi connectivity index (χ1v) is 11.1. The van der Waals surface area contributed by atoms with Crippen molar-refractivity contribution in [3.8, 4) is 0 Å². The summed E-state index contributed by atoms with van der Waals surface area (Å²) in [6, 6.07) is 6.78. The summed E-state index contributed by atoms with van der Waals surface area (Å²) in [4.78, 5) is 18.6. The number of hydrogen-bond donors (Lipinski definition) is 1. The van der Waals surface area contributed by atoms with Crippen molar-refractivity contribution in [1.82, 2.24) is 19.6 Å². The number of aryl methyl sites for hydroxylation is 1. The van der Waals surface area contributed by atoms with Crippen LogP contribution in [0.3, 0.4) is 0 Å². The van der Waals surface area contributed by atoms with Crippen LogP contribution in [0.5, 0.6) is 0 Å². The van der Waals surface area contributed by atoms with E-state index in [1.807, 2.05) is 0 Å². The number of likely N-dealkylation sites (N-methyl/N-ethyl adjacent to an activating group) is 4. The van der Waals surface area contributed by atoms with Gasteiger partial charge < -0.3 is 24.7 Å². The van der Waals surface area contributed by atoms with Gasteiger partial charge in [-0.15, -0.1) is 0 Å².